The highest BCUT2D eigenvalue weighted by Gasteiger charge is 2.32. The molecule has 1 aliphatic rings. The van der Waals surface area contributed by atoms with E-state index in [1.165, 1.54) is 11.1 Å². The Kier molecular flexibility index (Phi) is 6.15. The Morgan fingerprint density at radius 1 is 1.07 bits per heavy atom. The van der Waals surface area contributed by atoms with Crippen LogP contribution in [0.15, 0.2) is 42.5 Å². The molecule has 5 nitrogen and oxygen atoms in total. The Bertz CT molecular complexity index is 876. The van der Waals surface area contributed by atoms with Gasteiger partial charge in [-0.25, -0.2) is 0 Å². The van der Waals surface area contributed by atoms with E-state index in [4.69, 9.17) is 0 Å². The summed E-state index contributed by atoms with van der Waals surface area (Å²) in [6.45, 7) is 8.68. The summed E-state index contributed by atoms with van der Waals surface area (Å²) in [6, 6.07) is 13.4. The van der Waals surface area contributed by atoms with Crippen LogP contribution >= 0.6 is 0 Å². The first-order chi connectivity index (χ1) is 13.3. The molecule has 0 spiro atoms. The molecule has 2 aromatic carbocycles. The van der Waals surface area contributed by atoms with Crippen LogP contribution in [0.4, 0.5) is 5.69 Å². The number of anilines is 1. The van der Waals surface area contributed by atoms with E-state index in [1.54, 1.807) is 0 Å². The number of carbonyl (C=O) groups excluding carboxylic acids is 2. The SMILES string of the molecule is Cc1ccc(NC(=O)[C@H](NC(=O)[C@@H]2Cc3ccccc3C[NH2+]2)C(C)C)c(C)c1. The van der Waals surface area contributed by atoms with Crippen LogP contribution < -0.4 is 16.0 Å². The number of nitrogens with one attached hydrogen (secondary N) is 2. The van der Waals surface area contributed by atoms with Gasteiger partial charge in [0.25, 0.3) is 5.91 Å². The smallest absolute Gasteiger partial charge is 0.279 e. The van der Waals surface area contributed by atoms with E-state index in [0.29, 0.717) is 6.42 Å². The van der Waals surface area contributed by atoms with Gasteiger partial charge >= 0.3 is 0 Å². The van der Waals surface area contributed by atoms with Gasteiger partial charge < -0.3 is 16.0 Å². The predicted molar refractivity (Wildman–Crippen MR) is 111 cm³/mol. The van der Waals surface area contributed by atoms with Crippen molar-refractivity contribution in [2.24, 2.45) is 5.92 Å². The molecule has 0 aromatic heterocycles. The number of nitrogens with two attached hydrogens (primary N) is 1. The van der Waals surface area contributed by atoms with Crippen LogP contribution in [0.3, 0.4) is 0 Å². The van der Waals surface area contributed by atoms with E-state index in [9.17, 15) is 9.59 Å². The molecule has 0 bridgehead atoms. The second-order valence-electron chi connectivity index (χ2n) is 8.06. The van der Waals surface area contributed by atoms with Crippen LogP contribution in [-0.2, 0) is 22.6 Å². The first kappa shape index (κ1) is 20.1. The summed E-state index contributed by atoms with van der Waals surface area (Å²) in [7, 11) is 0. The van der Waals surface area contributed by atoms with Crippen molar-refractivity contribution in [1.29, 1.82) is 0 Å². The number of aryl methyl sites for hydroxylation is 2. The van der Waals surface area contributed by atoms with E-state index in [-0.39, 0.29) is 23.8 Å². The van der Waals surface area contributed by atoms with E-state index in [0.717, 1.165) is 23.4 Å². The van der Waals surface area contributed by atoms with E-state index < -0.39 is 6.04 Å². The molecule has 0 saturated heterocycles. The third kappa shape index (κ3) is 4.60. The van der Waals surface area contributed by atoms with Gasteiger partial charge in [0.15, 0.2) is 6.04 Å². The molecule has 148 valence electrons. The zero-order valence-electron chi connectivity index (χ0n) is 17.1. The molecule has 0 unspecified atom stereocenters. The second kappa shape index (κ2) is 8.57. The topological polar surface area (TPSA) is 74.8 Å². The largest absolute Gasteiger partial charge is 0.339 e. The zero-order valence-corrected chi connectivity index (χ0v) is 17.1. The molecule has 2 atom stereocenters. The Balaban J connectivity index is 1.67. The maximum atomic E-state index is 12.9. The minimum Gasteiger partial charge on any atom is -0.339 e. The van der Waals surface area contributed by atoms with Crippen molar-refractivity contribution in [3.63, 3.8) is 0 Å². The molecular formula is C23H30N3O2+. The van der Waals surface area contributed by atoms with Gasteiger partial charge in [-0.3, -0.25) is 9.59 Å². The molecule has 5 heteroatoms. The van der Waals surface area contributed by atoms with Crippen LogP contribution in [0.25, 0.3) is 0 Å². The molecule has 0 aliphatic carbocycles. The lowest BCUT2D eigenvalue weighted by Gasteiger charge is -2.26. The summed E-state index contributed by atoms with van der Waals surface area (Å²) >= 11 is 0. The molecular weight excluding hydrogens is 350 g/mol. The Morgan fingerprint density at radius 2 is 1.79 bits per heavy atom. The monoisotopic (exact) mass is 380 g/mol. The fraction of sp³-hybridized carbons (Fsp3) is 0.391. The van der Waals surface area contributed by atoms with Gasteiger partial charge in [-0.2, -0.15) is 0 Å². The number of amides is 2. The Morgan fingerprint density at radius 3 is 2.46 bits per heavy atom. The number of carbonyl (C=O) groups is 2. The highest BCUT2D eigenvalue weighted by molar-refractivity contribution is 5.98. The number of quaternary nitrogens is 1. The second-order valence-corrected chi connectivity index (χ2v) is 8.06. The van der Waals surface area contributed by atoms with Crippen LogP contribution in [0.1, 0.15) is 36.1 Å². The van der Waals surface area contributed by atoms with Gasteiger partial charge in [0.2, 0.25) is 5.91 Å². The number of benzene rings is 2. The summed E-state index contributed by atoms with van der Waals surface area (Å²) < 4.78 is 0. The van der Waals surface area contributed by atoms with Gasteiger partial charge in [0.1, 0.15) is 12.6 Å². The lowest BCUT2D eigenvalue weighted by atomic mass is 9.94. The predicted octanol–water partition coefficient (Wildman–Crippen LogP) is 2.07. The minimum atomic E-state index is -0.571. The standard InChI is InChI=1S/C23H29N3O2/c1-14(2)21(23(28)25-19-10-9-15(3)11-16(19)4)26-22(27)20-12-17-7-5-6-8-18(17)13-24-20/h5-11,14,20-21,24H,12-13H2,1-4H3,(H,25,28)(H,26,27)/p+1/t20-,21+/m0/s1. The highest BCUT2D eigenvalue weighted by Crippen LogP contribution is 2.18. The van der Waals surface area contributed by atoms with Gasteiger partial charge in [0, 0.05) is 17.7 Å². The van der Waals surface area contributed by atoms with Gasteiger partial charge in [-0.05, 0) is 37.0 Å². The normalized spacial score (nSPS) is 17.0. The van der Waals surface area contributed by atoms with Crippen molar-refractivity contribution in [2.45, 2.75) is 52.7 Å². The van der Waals surface area contributed by atoms with E-state index >= 15 is 0 Å². The van der Waals surface area contributed by atoms with Crippen molar-refractivity contribution >= 4 is 17.5 Å². The van der Waals surface area contributed by atoms with E-state index in [1.807, 2.05) is 58.0 Å². The van der Waals surface area contributed by atoms with Crippen LogP contribution in [0.2, 0.25) is 0 Å². The molecule has 2 amide bonds. The van der Waals surface area contributed by atoms with Crippen molar-refractivity contribution < 1.29 is 14.9 Å². The molecule has 28 heavy (non-hydrogen) atoms. The van der Waals surface area contributed by atoms with Crippen LogP contribution in [-0.4, -0.2) is 23.9 Å². The van der Waals surface area contributed by atoms with Gasteiger partial charge in [0.05, 0.1) is 0 Å². The average molecular weight is 381 g/mol. The Labute approximate surface area is 166 Å². The lowest BCUT2D eigenvalue weighted by Crippen LogP contribution is -2.93. The summed E-state index contributed by atoms with van der Waals surface area (Å²) in [5.74, 6) is -0.263. The molecule has 0 fully saturated rings. The average Bonchev–Trinajstić information content (AvgIpc) is 2.67. The van der Waals surface area contributed by atoms with Gasteiger partial charge in [-0.15, -0.1) is 0 Å². The molecule has 3 rings (SSSR count). The molecule has 1 heterocycles. The van der Waals surface area contributed by atoms with Crippen molar-refractivity contribution in [3.05, 3.63) is 64.7 Å². The third-order valence-electron chi connectivity index (χ3n) is 5.40. The summed E-state index contributed by atoms with van der Waals surface area (Å²) in [5.41, 5.74) is 5.44. The molecule has 1 aliphatic heterocycles. The van der Waals surface area contributed by atoms with Gasteiger partial charge in [-0.1, -0.05) is 55.8 Å². The number of rotatable bonds is 5. The minimum absolute atomic E-state index is 0.00872. The Hall–Kier alpha value is -2.66. The molecule has 0 radical (unpaired) electrons. The third-order valence-corrected chi connectivity index (χ3v) is 5.40. The molecule has 4 N–H and O–H groups in total. The van der Waals surface area contributed by atoms with Crippen molar-refractivity contribution in [2.75, 3.05) is 5.32 Å². The maximum Gasteiger partial charge on any atom is 0.279 e. The number of hydrogen-bond acceptors (Lipinski definition) is 2. The molecule has 0 saturated carbocycles. The lowest BCUT2D eigenvalue weighted by molar-refractivity contribution is -0.695. The van der Waals surface area contributed by atoms with Crippen molar-refractivity contribution in [1.82, 2.24) is 5.32 Å². The fourth-order valence-electron chi connectivity index (χ4n) is 3.70. The summed E-state index contributed by atoms with van der Waals surface area (Å²) in [5, 5.41) is 8.02. The summed E-state index contributed by atoms with van der Waals surface area (Å²) in [6.07, 6.45) is 0.686. The quantitative estimate of drug-likeness (QED) is 0.743. The fourth-order valence-corrected chi connectivity index (χ4v) is 3.70. The zero-order chi connectivity index (χ0) is 20.3. The van der Waals surface area contributed by atoms with Crippen molar-refractivity contribution in [3.8, 4) is 0 Å². The first-order valence-corrected chi connectivity index (χ1v) is 9.93. The maximum absolute atomic E-state index is 12.9. The number of fused-ring (bicyclic) bond motifs is 1. The summed E-state index contributed by atoms with van der Waals surface area (Å²) in [4.78, 5) is 25.7. The highest BCUT2D eigenvalue weighted by atomic mass is 16.2. The molecule has 2 aromatic rings. The van der Waals surface area contributed by atoms with Crippen LogP contribution in [0.5, 0.6) is 0 Å². The van der Waals surface area contributed by atoms with E-state index in [2.05, 4.69) is 28.1 Å². The number of hydrogen-bond donors (Lipinski definition) is 3. The van der Waals surface area contributed by atoms with Crippen LogP contribution in [0, 0.1) is 19.8 Å². The first-order valence-electron chi connectivity index (χ1n) is 9.93.